The van der Waals surface area contributed by atoms with Gasteiger partial charge in [-0.1, -0.05) is 5.21 Å². The molecule has 2 N–H and O–H groups in total. The largest absolute Gasteiger partial charge is 0.376 e. The summed E-state index contributed by atoms with van der Waals surface area (Å²) < 4.78 is 7.28. The van der Waals surface area contributed by atoms with Gasteiger partial charge in [-0.2, -0.15) is 0 Å². The number of hydrogen-bond donors (Lipinski definition) is 1. The molecule has 13 heavy (non-hydrogen) atoms. The van der Waals surface area contributed by atoms with Crippen molar-refractivity contribution in [1.29, 1.82) is 0 Å². The van der Waals surface area contributed by atoms with Gasteiger partial charge in [-0.3, -0.25) is 0 Å². The second-order valence-corrected chi connectivity index (χ2v) is 3.27. The number of ether oxygens (including phenoxy) is 1. The molecule has 2 heterocycles. The Balaban J connectivity index is 1.92. The summed E-state index contributed by atoms with van der Waals surface area (Å²) in [4.78, 5) is 0. The number of nitrogens with zero attached hydrogens (tertiary/aromatic N) is 3. The van der Waals surface area contributed by atoms with Gasteiger partial charge in [0, 0.05) is 19.3 Å². The Kier molecular flexibility index (Phi) is 2.56. The van der Waals surface area contributed by atoms with E-state index in [1.165, 1.54) is 0 Å². The highest BCUT2D eigenvalue weighted by Gasteiger charge is 2.16. The normalized spacial score (nSPS) is 22.4. The molecule has 1 aromatic heterocycles. The molecule has 1 aliphatic rings. The number of rotatable bonds is 3. The molecule has 2 rings (SSSR count). The van der Waals surface area contributed by atoms with Gasteiger partial charge < -0.3 is 10.5 Å². The van der Waals surface area contributed by atoms with Crippen LogP contribution in [0.1, 0.15) is 18.5 Å². The summed E-state index contributed by atoms with van der Waals surface area (Å²) >= 11 is 0. The van der Waals surface area contributed by atoms with Crippen molar-refractivity contribution in [2.45, 2.75) is 32.0 Å². The molecule has 0 saturated carbocycles. The van der Waals surface area contributed by atoms with Crippen molar-refractivity contribution < 1.29 is 4.74 Å². The van der Waals surface area contributed by atoms with E-state index in [0.29, 0.717) is 12.6 Å². The maximum atomic E-state index is 5.48. The highest BCUT2D eigenvalue weighted by atomic mass is 16.5. The Morgan fingerprint density at radius 3 is 3.23 bits per heavy atom. The van der Waals surface area contributed by atoms with Crippen LogP contribution in [0.3, 0.4) is 0 Å². The van der Waals surface area contributed by atoms with Gasteiger partial charge in [0.2, 0.25) is 0 Å². The van der Waals surface area contributed by atoms with Gasteiger partial charge >= 0.3 is 0 Å². The molecule has 0 spiro atoms. The first-order chi connectivity index (χ1) is 6.38. The van der Waals surface area contributed by atoms with Gasteiger partial charge in [-0.05, 0) is 12.8 Å². The summed E-state index contributed by atoms with van der Waals surface area (Å²) in [6.07, 6.45) is 4.47. The Morgan fingerprint density at radius 2 is 2.62 bits per heavy atom. The summed E-state index contributed by atoms with van der Waals surface area (Å²) in [5, 5.41) is 7.87. The van der Waals surface area contributed by atoms with Crippen molar-refractivity contribution in [3.63, 3.8) is 0 Å². The van der Waals surface area contributed by atoms with E-state index in [2.05, 4.69) is 10.3 Å². The molecule has 72 valence electrons. The molecule has 0 amide bonds. The van der Waals surface area contributed by atoms with Crippen LogP contribution in [0.5, 0.6) is 0 Å². The predicted molar refractivity (Wildman–Crippen MR) is 46.9 cm³/mol. The maximum absolute atomic E-state index is 5.48. The van der Waals surface area contributed by atoms with Crippen LogP contribution in [0.4, 0.5) is 0 Å². The first-order valence-electron chi connectivity index (χ1n) is 4.59. The lowest BCUT2D eigenvalue weighted by atomic mass is 10.2. The van der Waals surface area contributed by atoms with E-state index in [1.807, 2.05) is 6.20 Å². The summed E-state index contributed by atoms with van der Waals surface area (Å²) in [6, 6.07) is 0. The van der Waals surface area contributed by atoms with E-state index in [0.717, 1.165) is 31.7 Å². The molecule has 0 aromatic carbocycles. The van der Waals surface area contributed by atoms with Gasteiger partial charge in [0.05, 0.1) is 18.3 Å². The van der Waals surface area contributed by atoms with Crippen molar-refractivity contribution in [1.82, 2.24) is 15.0 Å². The zero-order valence-electron chi connectivity index (χ0n) is 7.52. The Labute approximate surface area is 76.9 Å². The lowest BCUT2D eigenvalue weighted by molar-refractivity contribution is 0.0935. The van der Waals surface area contributed by atoms with E-state index < -0.39 is 0 Å². The molecule has 1 fully saturated rings. The number of aromatic nitrogens is 3. The number of nitrogens with two attached hydrogens (primary N) is 1. The summed E-state index contributed by atoms with van der Waals surface area (Å²) in [7, 11) is 0. The van der Waals surface area contributed by atoms with Crippen molar-refractivity contribution in [2.75, 3.05) is 6.61 Å². The second kappa shape index (κ2) is 3.85. The molecule has 1 unspecified atom stereocenters. The minimum Gasteiger partial charge on any atom is -0.376 e. The quantitative estimate of drug-likeness (QED) is 0.709. The SMILES string of the molecule is NCc1cn(CC2CCCO2)nn1. The van der Waals surface area contributed by atoms with Crippen LogP contribution in [-0.2, 0) is 17.8 Å². The molecule has 5 heteroatoms. The minimum absolute atomic E-state index is 0.312. The monoisotopic (exact) mass is 182 g/mol. The molecule has 1 aromatic rings. The molecular formula is C8H14N4O. The molecule has 5 nitrogen and oxygen atoms in total. The highest BCUT2D eigenvalue weighted by molar-refractivity contribution is 4.90. The van der Waals surface area contributed by atoms with Crippen LogP contribution in [0.25, 0.3) is 0 Å². The molecule has 1 atom stereocenters. The fraction of sp³-hybridized carbons (Fsp3) is 0.750. The third-order valence-electron chi connectivity index (χ3n) is 2.21. The average Bonchev–Trinajstić information content (AvgIpc) is 2.76. The molecule has 0 bridgehead atoms. The third kappa shape index (κ3) is 2.05. The maximum Gasteiger partial charge on any atom is 0.0962 e. The number of hydrogen-bond acceptors (Lipinski definition) is 4. The Bertz CT molecular complexity index is 267. The fourth-order valence-electron chi connectivity index (χ4n) is 1.52. The zero-order valence-corrected chi connectivity index (χ0v) is 7.52. The van der Waals surface area contributed by atoms with Crippen LogP contribution in [-0.4, -0.2) is 27.7 Å². The summed E-state index contributed by atoms with van der Waals surface area (Å²) in [5.74, 6) is 0. The summed E-state index contributed by atoms with van der Waals surface area (Å²) in [6.45, 7) is 2.13. The molecule has 1 saturated heterocycles. The van der Waals surface area contributed by atoms with Crippen LogP contribution in [0, 0.1) is 0 Å². The van der Waals surface area contributed by atoms with Crippen LogP contribution in [0.2, 0.25) is 0 Å². The van der Waals surface area contributed by atoms with Crippen molar-refractivity contribution >= 4 is 0 Å². The van der Waals surface area contributed by atoms with Crippen molar-refractivity contribution in [2.24, 2.45) is 5.73 Å². The van der Waals surface area contributed by atoms with Crippen LogP contribution >= 0.6 is 0 Å². The van der Waals surface area contributed by atoms with E-state index in [9.17, 15) is 0 Å². The van der Waals surface area contributed by atoms with Gasteiger partial charge in [-0.25, -0.2) is 4.68 Å². The molecular weight excluding hydrogens is 168 g/mol. The van der Waals surface area contributed by atoms with Gasteiger partial charge in [0.1, 0.15) is 0 Å². The Hall–Kier alpha value is -0.940. The standard InChI is InChI=1S/C8H14N4O/c9-4-7-5-12(11-10-7)6-8-2-1-3-13-8/h5,8H,1-4,6,9H2. The molecule has 0 radical (unpaired) electrons. The lowest BCUT2D eigenvalue weighted by Crippen LogP contribution is -2.15. The van der Waals surface area contributed by atoms with E-state index in [-0.39, 0.29) is 0 Å². The highest BCUT2D eigenvalue weighted by Crippen LogP contribution is 2.13. The smallest absolute Gasteiger partial charge is 0.0962 e. The van der Waals surface area contributed by atoms with Crippen molar-refractivity contribution in [3.8, 4) is 0 Å². The van der Waals surface area contributed by atoms with Gasteiger partial charge in [-0.15, -0.1) is 5.10 Å². The van der Waals surface area contributed by atoms with Crippen LogP contribution in [0.15, 0.2) is 6.20 Å². The van der Waals surface area contributed by atoms with Gasteiger partial charge in [0.15, 0.2) is 0 Å². The topological polar surface area (TPSA) is 66.0 Å². The van der Waals surface area contributed by atoms with Crippen LogP contribution < -0.4 is 5.73 Å². The van der Waals surface area contributed by atoms with E-state index in [1.54, 1.807) is 4.68 Å². The van der Waals surface area contributed by atoms with Gasteiger partial charge in [0.25, 0.3) is 0 Å². The minimum atomic E-state index is 0.312. The van der Waals surface area contributed by atoms with Crippen molar-refractivity contribution in [3.05, 3.63) is 11.9 Å². The second-order valence-electron chi connectivity index (χ2n) is 3.27. The fourth-order valence-corrected chi connectivity index (χ4v) is 1.52. The predicted octanol–water partition coefficient (Wildman–Crippen LogP) is -0.0842. The summed E-state index contributed by atoms with van der Waals surface area (Å²) in [5.41, 5.74) is 6.26. The first-order valence-corrected chi connectivity index (χ1v) is 4.59. The first kappa shape index (κ1) is 8.65. The lowest BCUT2D eigenvalue weighted by Gasteiger charge is -2.07. The molecule has 0 aliphatic carbocycles. The zero-order chi connectivity index (χ0) is 9.10. The third-order valence-corrected chi connectivity index (χ3v) is 2.21. The Morgan fingerprint density at radius 1 is 1.69 bits per heavy atom. The van der Waals surface area contributed by atoms with E-state index in [4.69, 9.17) is 10.5 Å². The molecule has 1 aliphatic heterocycles. The van der Waals surface area contributed by atoms with E-state index >= 15 is 0 Å². The average molecular weight is 182 g/mol.